The van der Waals surface area contributed by atoms with Gasteiger partial charge in [-0.2, -0.15) is 0 Å². The first kappa shape index (κ1) is 9.20. The maximum absolute atomic E-state index is 6.91. The molecule has 0 amide bonds. The van der Waals surface area contributed by atoms with Crippen LogP contribution < -0.4 is 5.90 Å². The predicted molar refractivity (Wildman–Crippen MR) is 53.4 cm³/mol. The minimum Gasteiger partial charge on any atom is -0.296 e. The molecule has 1 aromatic carbocycles. The third-order valence-electron chi connectivity index (χ3n) is 2.52. The Balaban J connectivity index is 2.25. The molecule has 0 bridgehead atoms. The van der Waals surface area contributed by atoms with Crippen LogP contribution in [0.4, 0.5) is 5.69 Å². The van der Waals surface area contributed by atoms with E-state index in [-0.39, 0.29) is 6.10 Å². The van der Waals surface area contributed by atoms with Crippen LogP contribution in [0.15, 0.2) is 24.3 Å². The lowest BCUT2D eigenvalue weighted by atomic mass is 10.1. The van der Waals surface area contributed by atoms with Crippen molar-refractivity contribution in [2.45, 2.75) is 18.9 Å². The highest BCUT2D eigenvalue weighted by Crippen LogP contribution is 2.42. The van der Waals surface area contributed by atoms with Crippen LogP contribution in [0.1, 0.15) is 24.5 Å². The maximum Gasteiger partial charge on any atom is 0.187 e. The zero-order valence-corrected chi connectivity index (χ0v) is 7.81. The lowest BCUT2D eigenvalue weighted by Crippen LogP contribution is -2.10. The second kappa shape index (κ2) is 3.79. The van der Waals surface area contributed by atoms with Crippen molar-refractivity contribution in [3.63, 3.8) is 0 Å². The lowest BCUT2D eigenvalue weighted by Gasteiger charge is -2.13. The second-order valence-corrected chi connectivity index (χ2v) is 3.60. The molecule has 1 aliphatic rings. The van der Waals surface area contributed by atoms with Crippen LogP contribution >= 0.6 is 0 Å². The summed E-state index contributed by atoms with van der Waals surface area (Å²) in [7, 11) is 0. The van der Waals surface area contributed by atoms with Gasteiger partial charge in [-0.15, -0.1) is 0 Å². The molecule has 0 radical (unpaired) electrons. The summed E-state index contributed by atoms with van der Waals surface area (Å²) in [6, 6.07) is 7.47. The summed E-state index contributed by atoms with van der Waals surface area (Å²) in [5.74, 6) is 5.80. The fourth-order valence-corrected chi connectivity index (χ4v) is 1.63. The molecule has 2 rings (SSSR count). The summed E-state index contributed by atoms with van der Waals surface area (Å²) in [5, 5.41) is 0. The largest absolute Gasteiger partial charge is 0.296 e. The molecule has 1 saturated carbocycles. The molecule has 3 heteroatoms. The summed E-state index contributed by atoms with van der Waals surface area (Å²) in [6.45, 7) is 6.91. The Morgan fingerprint density at radius 2 is 2.29 bits per heavy atom. The van der Waals surface area contributed by atoms with Gasteiger partial charge in [0.25, 0.3) is 0 Å². The minimum absolute atomic E-state index is 0.0308. The van der Waals surface area contributed by atoms with Gasteiger partial charge >= 0.3 is 0 Å². The molecule has 3 nitrogen and oxygen atoms in total. The Morgan fingerprint density at radius 3 is 2.86 bits per heavy atom. The molecule has 1 unspecified atom stereocenters. The number of nitrogens with two attached hydrogens (primary N) is 1. The molecule has 1 fully saturated rings. The number of hydrogen-bond acceptors (Lipinski definition) is 2. The Hall–Kier alpha value is -1.37. The monoisotopic (exact) mass is 188 g/mol. The smallest absolute Gasteiger partial charge is 0.187 e. The zero-order chi connectivity index (χ0) is 9.97. The SMILES string of the molecule is [C-]#[N+]c1cccc(C(ON)C2CC2)c1. The van der Waals surface area contributed by atoms with Gasteiger partial charge < -0.3 is 0 Å². The van der Waals surface area contributed by atoms with E-state index in [1.165, 1.54) is 12.8 Å². The predicted octanol–water partition coefficient (Wildman–Crippen LogP) is 2.58. The van der Waals surface area contributed by atoms with Crippen LogP contribution in [0.2, 0.25) is 0 Å². The average Bonchev–Trinajstić information content (AvgIpc) is 3.04. The van der Waals surface area contributed by atoms with Crippen molar-refractivity contribution in [2.75, 3.05) is 0 Å². The number of hydrogen-bond donors (Lipinski definition) is 1. The normalized spacial score (nSPS) is 17.4. The molecule has 0 spiro atoms. The van der Waals surface area contributed by atoms with Crippen molar-refractivity contribution in [3.05, 3.63) is 41.2 Å². The first-order valence-electron chi connectivity index (χ1n) is 4.68. The van der Waals surface area contributed by atoms with Gasteiger partial charge in [0.1, 0.15) is 6.10 Å². The van der Waals surface area contributed by atoms with E-state index in [1.54, 1.807) is 6.07 Å². The van der Waals surface area contributed by atoms with Crippen LogP contribution in [0.25, 0.3) is 4.85 Å². The van der Waals surface area contributed by atoms with Gasteiger partial charge in [-0.1, -0.05) is 24.3 Å². The highest BCUT2D eigenvalue weighted by molar-refractivity contribution is 5.47. The maximum atomic E-state index is 6.91. The van der Waals surface area contributed by atoms with Crippen LogP contribution in [0, 0.1) is 12.5 Å². The fraction of sp³-hybridized carbons (Fsp3) is 0.364. The first-order valence-corrected chi connectivity index (χ1v) is 4.68. The van der Waals surface area contributed by atoms with Gasteiger partial charge in [-0.05, 0) is 24.3 Å². The average molecular weight is 188 g/mol. The standard InChI is InChI=1S/C11H12N2O/c1-13-10-4-2-3-9(7-10)11(14-12)8-5-6-8/h2-4,7-8,11H,5-6,12H2. The van der Waals surface area contributed by atoms with E-state index in [9.17, 15) is 0 Å². The Labute approximate surface area is 83.3 Å². The fourth-order valence-electron chi connectivity index (χ4n) is 1.63. The van der Waals surface area contributed by atoms with Gasteiger partial charge in [0.05, 0.1) is 6.57 Å². The molecule has 1 atom stereocenters. The number of nitrogens with zero attached hydrogens (tertiary/aromatic N) is 1. The summed E-state index contributed by atoms with van der Waals surface area (Å²) >= 11 is 0. The highest BCUT2D eigenvalue weighted by Gasteiger charge is 2.32. The summed E-state index contributed by atoms with van der Waals surface area (Å²) in [6.07, 6.45) is 2.31. The minimum atomic E-state index is -0.0308. The zero-order valence-electron chi connectivity index (χ0n) is 7.81. The molecular formula is C11H12N2O. The van der Waals surface area contributed by atoms with Gasteiger partial charge in [-0.3, -0.25) is 4.84 Å². The van der Waals surface area contributed by atoms with E-state index < -0.39 is 0 Å². The van der Waals surface area contributed by atoms with Crippen LogP contribution in [0.3, 0.4) is 0 Å². The first-order chi connectivity index (χ1) is 6.85. The molecule has 0 saturated heterocycles. The van der Waals surface area contributed by atoms with Crippen molar-refractivity contribution in [3.8, 4) is 0 Å². The van der Waals surface area contributed by atoms with Crippen LogP contribution in [-0.4, -0.2) is 0 Å². The number of benzene rings is 1. The van der Waals surface area contributed by atoms with E-state index in [0.29, 0.717) is 11.6 Å². The summed E-state index contributed by atoms with van der Waals surface area (Å²) in [4.78, 5) is 8.34. The van der Waals surface area contributed by atoms with Crippen LogP contribution in [-0.2, 0) is 4.84 Å². The molecule has 0 aromatic heterocycles. The van der Waals surface area contributed by atoms with E-state index in [1.807, 2.05) is 18.2 Å². The topological polar surface area (TPSA) is 39.6 Å². The number of rotatable bonds is 3. The molecule has 0 aliphatic heterocycles. The van der Waals surface area contributed by atoms with Gasteiger partial charge in [0, 0.05) is 0 Å². The van der Waals surface area contributed by atoms with E-state index in [2.05, 4.69) is 4.85 Å². The second-order valence-electron chi connectivity index (χ2n) is 3.60. The Kier molecular flexibility index (Phi) is 2.49. The molecule has 1 aromatic rings. The molecule has 72 valence electrons. The Bertz CT molecular complexity index is 366. The molecule has 0 heterocycles. The summed E-state index contributed by atoms with van der Waals surface area (Å²) < 4.78 is 0. The van der Waals surface area contributed by atoms with Crippen molar-refractivity contribution in [2.24, 2.45) is 11.8 Å². The van der Waals surface area contributed by atoms with Gasteiger partial charge in [0.2, 0.25) is 0 Å². The lowest BCUT2D eigenvalue weighted by molar-refractivity contribution is 0.0368. The Morgan fingerprint density at radius 1 is 1.50 bits per heavy atom. The third-order valence-corrected chi connectivity index (χ3v) is 2.52. The van der Waals surface area contributed by atoms with Crippen LogP contribution in [0.5, 0.6) is 0 Å². The molecule has 14 heavy (non-hydrogen) atoms. The van der Waals surface area contributed by atoms with E-state index >= 15 is 0 Å². The van der Waals surface area contributed by atoms with Crippen molar-refractivity contribution < 1.29 is 4.84 Å². The van der Waals surface area contributed by atoms with Gasteiger partial charge in [0.15, 0.2) is 5.69 Å². The van der Waals surface area contributed by atoms with E-state index in [4.69, 9.17) is 17.3 Å². The molecule has 1 aliphatic carbocycles. The molecular weight excluding hydrogens is 176 g/mol. The summed E-state index contributed by atoms with van der Waals surface area (Å²) in [5.41, 5.74) is 1.66. The van der Waals surface area contributed by atoms with Gasteiger partial charge in [-0.25, -0.2) is 10.7 Å². The quantitative estimate of drug-likeness (QED) is 0.585. The van der Waals surface area contributed by atoms with Crippen molar-refractivity contribution in [1.82, 2.24) is 0 Å². The highest BCUT2D eigenvalue weighted by atomic mass is 16.6. The van der Waals surface area contributed by atoms with Crippen molar-refractivity contribution in [1.29, 1.82) is 0 Å². The molecule has 2 N–H and O–H groups in total. The van der Waals surface area contributed by atoms with Crippen molar-refractivity contribution >= 4 is 5.69 Å². The third kappa shape index (κ3) is 1.77. The van der Waals surface area contributed by atoms with E-state index in [0.717, 1.165) is 5.56 Å².